The van der Waals surface area contributed by atoms with Gasteiger partial charge < -0.3 is 0 Å². The molecule has 0 radical (unpaired) electrons. The van der Waals surface area contributed by atoms with Crippen molar-refractivity contribution in [2.75, 3.05) is 19.3 Å². The van der Waals surface area contributed by atoms with E-state index >= 15 is 0 Å². The monoisotopic (exact) mass is 312 g/mol. The molecule has 2 heterocycles. The van der Waals surface area contributed by atoms with Crippen molar-refractivity contribution in [2.45, 2.75) is 45.2 Å². The quantitative estimate of drug-likeness (QED) is 0.881. The van der Waals surface area contributed by atoms with E-state index in [0.717, 1.165) is 44.0 Å². The maximum atomic E-state index is 11.2. The molecule has 1 N–H and O–H groups in total. The lowest BCUT2D eigenvalue weighted by Crippen LogP contribution is -2.44. The van der Waals surface area contributed by atoms with Crippen molar-refractivity contribution in [2.24, 2.45) is 0 Å². The fourth-order valence-corrected chi connectivity index (χ4v) is 3.36. The highest BCUT2D eigenvalue weighted by atomic mass is 32.2. The van der Waals surface area contributed by atoms with Crippen molar-refractivity contribution in [1.29, 1.82) is 0 Å². The molecular weight excluding hydrogens is 288 g/mol. The maximum Gasteiger partial charge on any atom is 0.208 e. The topological polar surface area (TPSA) is 75.2 Å². The number of hydrogen-bond acceptors (Lipinski definition) is 5. The molecule has 1 fully saturated rings. The highest BCUT2D eigenvalue weighted by Crippen LogP contribution is 2.15. The summed E-state index contributed by atoms with van der Waals surface area (Å²) in [7, 11) is -3.10. The number of aromatic nitrogens is 2. The van der Waals surface area contributed by atoms with E-state index in [2.05, 4.69) is 33.4 Å². The van der Waals surface area contributed by atoms with Crippen molar-refractivity contribution in [3.8, 4) is 0 Å². The second kappa shape index (κ2) is 6.81. The number of hydrogen-bond donors (Lipinski definition) is 1. The summed E-state index contributed by atoms with van der Waals surface area (Å²) in [6.45, 7) is 6.74. The second-order valence-electron chi connectivity index (χ2n) is 6.00. The fraction of sp³-hybridized carbons (Fsp3) is 0.714. The van der Waals surface area contributed by atoms with Crippen LogP contribution < -0.4 is 4.72 Å². The number of sulfonamides is 1. The van der Waals surface area contributed by atoms with Crippen LogP contribution in [0.4, 0.5) is 0 Å². The van der Waals surface area contributed by atoms with Crippen LogP contribution in [-0.2, 0) is 16.6 Å². The summed E-state index contributed by atoms with van der Waals surface area (Å²) in [4.78, 5) is 11.2. The Hall–Kier alpha value is -1.05. The minimum Gasteiger partial charge on any atom is -0.297 e. The summed E-state index contributed by atoms with van der Waals surface area (Å²) in [5.41, 5.74) is 1.03. The molecule has 0 atom stereocenters. The number of nitrogens with zero attached hydrogens (tertiary/aromatic N) is 3. The van der Waals surface area contributed by atoms with Crippen molar-refractivity contribution in [3.63, 3.8) is 0 Å². The number of piperidine rings is 1. The van der Waals surface area contributed by atoms with Crippen molar-refractivity contribution in [3.05, 3.63) is 23.8 Å². The normalized spacial score (nSPS) is 18.3. The number of rotatable bonds is 5. The predicted octanol–water partition coefficient (Wildman–Crippen LogP) is 1.11. The Morgan fingerprint density at radius 2 is 2.05 bits per heavy atom. The second-order valence-corrected chi connectivity index (χ2v) is 7.78. The van der Waals surface area contributed by atoms with Crippen molar-refractivity contribution < 1.29 is 8.42 Å². The van der Waals surface area contributed by atoms with Gasteiger partial charge in [-0.2, -0.15) is 0 Å². The SMILES string of the molecule is CC(C)c1nccc(CN2CCC(NS(C)(=O)=O)CC2)n1. The van der Waals surface area contributed by atoms with Gasteiger partial charge in [0.15, 0.2) is 0 Å². The molecule has 21 heavy (non-hydrogen) atoms. The van der Waals surface area contributed by atoms with Gasteiger partial charge in [-0.3, -0.25) is 4.90 Å². The Balaban J connectivity index is 1.87. The first-order chi connectivity index (χ1) is 9.83. The third-order valence-corrected chi connectivity index (χ3v) is 4.36. The Kier molecular flexibility index (Phi) is 5.29. The predicted molar refractivity (Wildman–Crippen MR) is 82.4 cm³/mol. The van der Waals surface area contributed by atoms with Crippen molar-refractivity contribution in [1.82, 2.24) is 19.6 Å². The standard InChI is InChI=1S/C14H24N4O2S/c1-11(2)14-15-7-4-13(16-14)10-18-8-5-12(6-9-18)17-21(3,19)20/h4,7,11-12,17H,5-6,8-10H2,1-3H3. The van der Waals surface area contributed by atoms with E-state index in [1.807, 2.05) is 12.3 Å². The third kappa shape index (κ3) is 5.33. The summed E-state index contributed by atoms with van der Waals surface area (Å²) in [5, 5.41) is 0. The summed E-state index contributed by atoms with van der Waals surface area (Å²) in [6.07, 6.45) is 4.72. The first-order valence-corrected chi connectivity index (χ1v) is 9.24. The van der Waals surface area contributed by atoms with Gasteiger partial charge in [-0.15, -0.1) is 0 Å². The van der Waals surface area contributed by atoms with Gasteiger partial charge in [0.2, 0.25) is 10.0 Å². The Morgan fingerprint density at radius 1 is 1.38 bits per heavy atom. The molecule has 1 aliphatic heterocycles. The minimum atomic E-state index is -3.10. The zero-order valence-corrected chi connectivity index (χ0v) is 13.7. The van der Waals surface area contributed by atoms with Crippen LogP contribution >= 0.6 is 0 Å². The van der Waals surface area contributed by atoms with Crippen LogP contribution in [0.1, 0.15) is 44.1 Å². The number of likely N-dealkylation sites (tertiary alicyclic amines) is 1. The molecule has 118 valence electrons. The summed E-state index contributed by atoms with van der Waals surface area (Å²) in [6, 6.07) is 2.01. The molecule has 7 heteroatoms. The molecule has 0 bridgehead atoms. The summed E-state index contributed by atoms with van der Waals surface area (Å²) < 4.78 is 25.1. The smallest absolute Gasteiger partial charge is 0.208 e. The largest absolute Gasteiger partial charge is 0.297 e. The van der Waals surface area contributed by atoms with E-state index in [-0.39, 0.29) is 6.04 Å². The van der Waals surface area contributed by atoms with E-state index in [4.69, 9.17) is 0 Å². The van der Waals surface area contributed by atoms with E-state index in [1.54, 1.807) is 0 Å². The lowest BCUT2D eigenvalue weighted by atomic mass is 10.1. The van der Waals surface area contributed by atoms with Crippen LogP contribution in [-0.4, -0.2) is 48.7 Å². The van der Waals surface area contributed by atoms with Crippen LogP contribution in [0.25, 0.3) is 0 Å². The third-order valence-electron chi connectivity index (χ3n) is 3.60. The van der Waals surface area contributed by atoms with E-state index in [0.29, 0.717) is 5.92 Å². The van der Waals surface area contributed by atoms with Gasteiger partial charge >= 0.3 is 0 Å². The van der Waals surface area contributed by atoms with Gasteiger partial charge in [-0.25, -0.2) is 23.1 Å². The first-order valence-electron chi connectivity index (χ1n) is 7.35. The average molecular weight is 312 g/mol. The summed E-state index contributed by atoms with van der Waals surface area (Å²) >= 11 is 0. The molecule has 0 unspecified atom stereocenters. The molecule has 6 nitrogen and oxygen atoms in total. The summed E-state index contributed by atoms with van der Waals surface area (Å²) in [5.74, 6) is 1.20. The van der Waals surface area contributed by atoms with Gasteiger partial charge in [0.25, 0.3) is 0 Å². The first kappa shape index (κ1) is 16.3. The van der Waals surface area contributed by atoms with Crippen LogP contribution in [0.3, 0.4) is 0 Å². The van der Waals surface area contributed by atoms with Crippen molar-refractivity contribution >= 4 is 10.0 Å². The van der Waals surface area contributed by atoms with Gasteiger partial charge in [0, 0.05) is 37.8 Å². The van der Waals surface area contributed by atoms with Crippen LogP contribution in [0.5, 0.6) is 0 Å². The lowest BCUT2D eigenvalue weighted by Gasteiger charge is -2.31. The molecule has 2 rings (SSSR count). The molecule has 1 saturated heterocycles. The van der Waals surface area contributed by atoms with Crippen LogP contribution in [0, 0.1) is 0 Å². The van der Waals surface area contributed by atoms with Gasteiger partial charge in [-0.05, 0) is 18.9 Å². The zero-order chi connectivity index (χ0) is 15.5. The Morgan fingerprint density at radius 3 is 2.62 bits per heavy atom. The molecule has 0 aliphatic carbocycles. The fourth-order valence-electron chi connectivity index (χ4n) is 2.52. The maximum absolute atomic E-state index is 11.2. The molecule has 1 aromatic heterocycles. The van der Waals surface area contributed by atoms with Crippen LogP contribution in [0.2, 0.25) is 0 Å². The molecule has 0 spiro atoms. The van der Waals surface area contributed by atoms with Gasteiger partial charge in [0.1, 0.15) is 5.82 Å². The molecule has 1 aliphatic rings. The van der Waals surface area contributed by atoms with Gasteiger partial charge in [-0.1, -0.05) is 13.8 Å². The Bertz CT molecular complexity index is 566. The Labute approximate surface area is 127 Å². The molecule has 0 saturated carbocycles. The molecule has 0 amide bonds. The van der Waals surface area contributed by atoms with Gasteiger partial charge in [0.05, 0.1) is 11.9 Å². The zero-order valence-electron chi connectivity index (χ0n) is 12.9. The van der Waals surface area contributed by atoms with E-state index < -0.39 is 10.0 Å². The lowest BCUT2D eigenvalue weighted by molar-refractivity contribution is 0.197. The number of nitrogens with one attached hydrogen (secondary N) is 1. The highest BCUT2D eigenvalue weighted by Gasteiger charge is 2.21. The minimum absolute atomic E-state index is 0.0628. The molecule has 0 aromatic carbocycles. The molecular formula is C14H24N4O2S. The average Bonchev–Trinajstić information content (AvgIpc) is 2.40. The van der Waals surface area contributed by atoms with E-state index in [1.165, 1.54) is 6.26 Å². The molecule has 1 aromatic rings. The highest BCUT2D eigenvalue weighted by molar-refractivity contribution is 7.88. The van der Waals surface area contributed by atoms with E-state index in [9.17, 15) is 8.42 Å². The van der Waals surface area contributed by atoms with Crippen LogP contribution in [0.15, 0.2) is 12.3 Å².